The zero-order valence-corrected chi connectivity index (χ0v) is 10.3. The molecule has 0 radical (unpaired) electrons. The van der Waals surface area contributed by atoms with Crippen molar-refractivity contribution in [1.82, 2.24) is 15.2 Å². The maximum Gasteiger partial charge on any atom is 0.273 e. The Bertz CT molecular complexity index is 367. The first-order chi connectivity index (χ1) is 8.11. The number of amides is 1. The zero-order chi connectivity index (χ0) is 12.7. The van der Waals surface area contributed by atoms with Gasteiger partial charge in [-0.05, 0) is 45.6 Å². The van der Waals surface area contributed by atoms with Crippen LogP contribution in [0.15, 0.2) is 18.3 Å². The molecule has 1 rings (SSSR count). The molecule has 0 spiro atoms. The maximum absolute atomic E-state index is 11.6. The number of carbonyl (C=O) groups is 1. The topological polar surface area (TPSA) is 65.5 Å². The van der Waals surface area contributed by atoms with Crippen LogP contribution < -0.4 is 5.32 Å². The molecule has 2 N–H and O–H groups in total. The van der Waals surface area contributed by atoms with Crippen molar-refractivity contribution < 1.29 is 9.90 Å². The van der Waals surface area contributed by atoms with Crippen LogP contribution in [-0.2, 0) is 0 Å². The van der Waals surface area contributed by atoms with Gasteiger partial charge in [0.05, 0.1) is 0 Å². The zero-order valence-electron chi connectivity index (χ0n) is 10.3. The summed E-state index contributed by atoms with van der Waals surface area (Å²) in [5.74, 6) is -0.411. The van der Waals surface area contributed by atoms with E-state index in [0.29, 0.717) is 6.54 Å². The Hall–Kier alpha value is -1.62. The molecule has 0 aromatic carbocycles. The summed E-state index contributed by atoms with van der Waals surface area (Å²) in [5.41, 5.74) is 0.0834. The molecule has 5 nitrogen and oxygen atoms in total. The highest BCUT2D eigenvalue weighted by Gasteiger charge is 2.10. The van der Waals surface area contributed by atoms with Gasteiger partial charge in [0.2, 0.25) is 0 Å². The molecule has 1 aromatic heterocycles. The Labute approximate surface area is 101 Å². The smallest absolute Gasteiger partial charge is 0.273 e. The molecule has 0 bridgehead atoms. The van der Waals surface area contributed by atoms with Gasteiger partial charge in [0, 0.05) is 12.7 Å². The minimum Gasteiger partial charge on any atom is -0.505 e. The Morgan fingerprint density at radius 2 is 2.24 bits per heavy atom. The van der Waals surface area contributed by atoms with E-state index >= 15 is 0 Å². The van der Waals surface area contributed by atoms with Crippen molar-refractivity contribution in [3.63, 3.8) is 0 Å². The number of rotatable bonds is 6. The summed E-state index contributed by atoms with van der Waals surface area (Å²) < 4.78 is 0. The van der Waals surface area contributed by atoms with Gasteiger partial charge in [0.25, 0.3) is 5.91 Å². The summed E-state index contributed by atoms with van der Waals surface area (Å²) in [6, 6.07) is 3.04. The number of carbonyl (C=O) groups excluding carboxylic acids is 1. The molecule has 17 heavy (non-hydrogen) atoms. The van der Waals surface area contributed by atoms with Gasteiger partial charge >= 0.3 is 0 Å². The van der Waals surface area contributed by atoms with Gasteiger partial charge in [-0.2, -0.15) is 0 Å². The highest BCUT2D eigenvalue weighted by atomic mass is 16.3. The first kappa shape index (κ1) is 13.4. The van der Waals surface area contributed by atoms with E-state index in [1.54, 1.807) is 6.07 Å². The predicted octanol–water partition coefficient (Wildman–Crippen LogP) is 0.859. The first-order valence-corrected chi connectivity index (χ1v) is 5.68. The largest absolute Gasteiger partial charge is 0.505 e. The monoisotopic (exact) mass is 237 g/mol. The van der Waals surface area contributed by atoms with E-state index in [4.69, 9.17) is 0 Å². The SMILES string of the molecule is CN(C)CCCCNC(=O)c1ncccc1O. The minimum atomic E-state index is -0.326. The Morgan fingerprint density at radius 3 is 2.88 bits per heavy atom. The third-order valence-electron chi connectivity index (χ3n) is 2.32. The molecule has 0 aliphatic heterocycles. The van der Waals surface area contributed by atoms with Gasteiger partial charge in [0.1, 0.15) is 5.75 Å². The first-order valence-electron chi connectivity index (χ1n) is 5.68. The summed E-state index contributed by atoms with van der Waals surface area (Å²) in [7, 11) is 4.04. The fourth-order valence-electron chi connectivity index (χ4n) is 1.41. The van der Waals surface area contributed by atoms with Crippen molar-refractivity contribution >= 4 is 5.91 Å². The molecule has 5 heteroatoms. The van der Waals surface area contributed by atoms with E-state index in [2.05, 4.69) is 15.2 Å². The van der Waals surface area contributed by atoms with Crippen molar-refractivity contribution in [2.24, 2.45) is 0 Å². The van der Waals surface area contributed by atoms with Gasteiger partial charge in [-0.1, -0.05) is 0 Å². The van der Waals surface area contributed by atoms with Crippen molar-refractivity contribution in [3.8, 4) is 5.75 Å². The van der Waals surface area contributed by atoms with Crippen LogP contribution in [0.4, 0.5) is 0 Å². The Kier molecular flexibility index (Phi) is 5.42. The Balaban J connectivity index is 2.29. The van der Waals surface area contributed by atoms with E-state index in [1.165, 1.54) is 12.3 Å². The highest BCUT2D eigenvalue weighted by molar-refractivity contribution is 5.94. The molecule has 0 unspecified atom stereocenters. The average molecular weight is 237 g/mol. The molecule has 0 fully saturated rings. The number of unbranched alkanes of at least 4 members (excludes halogenated alkanes) is 1. The third kappa shape index (κ3) is 4.82. The van der Waals surface area contributed by atoms with Crippen LogP contribution in [0.5, 0.6) is 5.75 Å². The lowest BCUT2D eigenvalue weighted by atomic mass is 10.2. The lowest BCUT2D eigenvalue weighted by Gasteiger charge is -2.09. The lowest BCUT2D eigenvalue weighted by molar-refractivity contribution is 0.0945. The quantitative estimate of drug-likeness (QED) is 0.720. The average Bonchev–Trinajstić information content (AvgIpc) is 2.28. The summed E-state index contributed by atoms with van der Waals surface area (Å²) in [5, 5.41) is 12.2. The van der Waals surface area contributed by atoms with Gasteiger partial charge in [0.15, 0.2) is 5.69 Å². The predicted molar refractivity (Wildman–Crippen MR) is 66.0 cm³/mol. The molecule has 0 saturated heterocycles. The van der Waals surface area contributed by atoms with E-state index in [9.17, 15) is 9.90 Å². The van der Waals surface area contributed by atoms with E-state index < -0.39 is 0 Å². The second-order valence-electron chi connectivity index (χ2n) is 4.14. The number of aromatic nitrogens is 1. The molecular weight excluding hydrogens is 218 g/mol. The number of hydrogen-bond acceptors (Lipinski definition) is 4. The van der Waals surface area contributed by atoms with Crippen molar-refractivity contribution in [1.29, 1.82) is 0 Å². The number of hydrogen-bond donors (Lipinski definition) is 2. The van der Waals surface area contributed by atoms with Gasteiger partial charge < -0.3 is 15.3 Å². The molecule has 0 aliphatic rings. The lowest BCUT2D eigenvalue weighted by Crippen LogP contribution is -2.26. The van der Waals surface area contributed by atoms with Gasteiger partial charge in [-0.15, -0.1) is 0 Å². The van der Waals surface area contributed by atoms with Crippen LogP contribution in [0.2, 0.25) is 0 Å². The minimum absolute atomic E-state index is 0.0834. The summed E-state index contributed by atoms with van der Waals surface area (Å²) >= 11 is 0. The van der Waals surface area contributed by atoms with Crippen molar-refractivity contribution in [3.05, 3.63) is 24.0 Å². The fourth-order valence-corrected chi connectivity index (χ4v) is 1.41. The van der Waals surface area contributed by atoms with Crippen LogP contribution in [0.25, 0.3) is 0 Å². The molecule has 1 amide bonds. The third-order valence-corrected chi connectivity index (χ3v) is 2.32. The standard InChI is InChI=1S/C12H19N3O2/c1-15(2)9-4-3-7-14-12(17)11-10(16)6-5-8-13-11/h5-6,8,16H,3-4,7,9H2,1-2H3,(H,14,17). The normalized spacial score (nSPS) is 10.5. The van der Waals surface area contributed by atoms with Crippen molar-refractivity contribution in [2.75, 3.05) is 27.2 Å². The van der Waals surface area contributed by atoms with E-state index in [1.807, 2.05) is 14.1 Å². The molecule has 94 valence electrons. The number of pyridine rings is 1. The van der Waals surface area contributed by atoms with Crippen molar-refractivity contribution in [2.45, 2.75) is 12.8 Å². The second-order valence-corrected chi connectivity index (χ2v) is 4.14. The summed E-state index contributed by atoms with van der Waals surface area (Å²) in [6.45, 7) is 1.60. The van der Waals surface area contributed by atoms with Crippen LogP contribution in [-0.4, -0.2) is 48.1 Å². The molecule has 0 aliphatic carbocycles. The van der Waals surface area contributed by atoms with Crippen LogP contribution in [0, 0.1) is 0 Å². The molecule has 0 atom stereocenters. The number of aromatic hydroxyl groups is 1. The van der Waals surface area contributed by atoms with E-state index in [-0.39, 0.29) is 17.4 Å². The second kappa shape index (κ2) is 6.85. The summed E-state index contributed by atoms with van der Waals surface area (Å²) in [4.78, 5) is 17.6. The van der Waals surface area contributed by atoms with Crippen LogP contribution >= 0.6 is 0 Å². The number of nitrogens with zero attached hydrogens (tertiary/aromatic N) is 2. The molecule has 1 heterocycles. The van der Waals surface area contributed by atoms with E-state index in [0.717, 1.165) is 19.4 Å². The number of nitrogens with one attached hydrogen (secondary N) is 1. The van der Waals surface area contributed by atoms with Crippen LogP contribution in [0.3, 0.4) is 0 Å². The molecule has 1 aromatic rings. The van der Waals surface area contributed by atoms with Crippen LogP contribution in [0.1, 0.15) is 23.3 Å². The molecule has 0 saturated carbocycles. The highest BCUT2D eigenvalue weighted by Crippen LogP contribution is 2.11. The van der Waals surface area contributed by atoms with Gasteiger partial charge in [-0.25, -0.2) is 4.98 Å². The fraction of sp³-hybridized carbons (Fsp3) is 0.500. The van der Waals surface area contributed by atoms with Gasteiger partial charge in [-0.3, -0.25) is 4.79 Å². The Morgan fingerprint density at radius 1 is 1.47 bits per heavy atom. The molecular formula is C12H19N3O2. The summed E-state index contributed by atoms with van der Waals surface area (Å²) in [6.07, 6.45) is 3.43. The maximum atomic E-state index is 11.6.